The average Bonchev–Trinajstić information content (AvgIpc) is 3.61. The summed E-state index contributed by atoms with van der Waals surface area (Å²) in [6.45, 7) is 16.8. The number of allylic oxidation sites excluding steroid dienone is 8. The summed E-state index contributed by atoms with van der Waals surface area (Å²) in [4.78, 5) is 19.1. The van der Waals surface area contributed by atoms with Crippen LogP contribution in [0.4, 0.5) is 0 Å². The maximum Gasteiger partial charge on any atom is 0.161 e. The summed E-state index contributed by atoms with van der Waals surface area (Å²) < 4.78 is 0. The number of fused-ring (bicyclic) bond motifs is 1. The molecule has 0 fully saturated rings. The summed E-state index contributed by atoms with van der Waals surface area (Å²) in [6.07, 6.45) is 19.8. The first kappa shape index (κ1) is 45.8. The molecule has 6 aromatic carbocycles. The molecule has 0 saturated heterocycles. The highest BCUT2D eigenvalue weighted by Gasteiger charge is 2.20. The minimum Gasteiger partial charge on any atom is -0.264 e. The zero-order valence-corrected chi connectivity index (χ0v) is 38.9. The lowest BCUT2D eigenvalue weighted by molar-refractivity contribution is 0.958. The molecule has 0 unspecified atom stereocenters. The van der Waals surface area contributed by atoms with Crippen LogP contribution in [0.2, 0.25) is 0 Å². The lowest BCUT2D eigenvalue weighted by Gasteiger charge is -2.14. The molecular weight excluding hydrogens is 809 g/mol. The molecule has 65 heavy (non-hydrogen) atoms. The minimum atomic E-state index is 0. The quantitative estimate of drug-likeness (QED) is 0.0726. The third-order valence-electron chi connectivity index (χ3n) is 12.1. The molecule has 0 saturated carbocycles. The molecule has 2 aliphatic carbocycles. The second-order valence-corrected chi connectivity index (χ2v) is 15.9. The summed E-state index contributed by atoms with van der Waals surface area (Å²) in [6, 6.07) is 47.0. The van der Waals surface area contributed by atoms with Gasteiger partial charge in [-0.1, -0.05) is 172 Å². The topological polar surface area (TPSA) is 50.0 Å². The van der Waals surface area contributed by atoms with Crippen molar-refractivity contribution in [3.63, 3.8) is 0 Å². The van der Waals surface area contributed by atoms with Crippen molar-refractivity contribution in [1.82, 2.24) is 4.98 Å². The first-order valence-electron chi connectivity index (χ1n) is 22.3. The predicted octanol–water partition coefficient (Wildman–Crippen LogP) is 15.4. The maximum atomic E-state index is 5.18. The van der Waals surface area contributed by atoms with Gasteiger partial charge in [-0.3, -0.25) is 9.98 Å². The summed E-state index contributed by atoms with van der Waals surface area (Å²) in [5.41, 5.74) is 18.9. The smallest absolute Gasteiger partial charge is 0.161 e. The molecule has 0 aliphatic heterocycles. The van der Waals surface area contributed by atoms with Gasteiger partial charge in [0.15, 0.2) is 11.7 Å². The van der Waals surface area contributed by atoms with E-state index in [9.17, 15) is 0 Å². The van der Waals surface area contributed by atoms with Gasteiger partial charge in [-0.25, -0.2) is 9.98 Å². The lowest BCUT2D eigenvalue weighted by Crippen LogP contribution is -2.05. The number of aryl methyl sites for hydroxylation is 1. The van der Waals surface area contributed by atoms with Gasteiger partial charge in [-0.15, -0.1) is 0 Å². The third kappa shape index (κ3) is 9.97. The van der Waals surface area contributed by atoms with E-state index in [4.69, 9.17) is 9.98 Å². The van der Waals surface area contributed by atoms with Crippen LogP contribution in [0.5, 0.6) is 0 Å². The van der Waals surface area contributed by atoms with Crippen molar-refractivity contribution in [2.24, 2.45) is 15.0 Å². The van der Waals surface area contributed by atoms with E-state index in [1.54, 1.807) is 0 Å². The molecule has 9 rings (SSSR count). The van der Waals surface area contributed by atoms with Crippen molar-refractivity contribution >= 4 is 65.5 Å². The Bertz CT molecular complexity index is 3020. The predicted molar refractivity (Wildman–Crippen MR) is 287 cm³/mol. The van der Waals surface area contributed by atoms with Gasteiger partial charge in [0.25, 0.3) is 0 Å². The summed E-state index contributed by atoms with van der Waals surface area (Å²) >= 11 is 0. The van der Waals surface area contributed by atoms with Crippen LogP contribution in [-0.4, -0.2) is 23.4 Å². The lowest BCUT2D eigenvalue weighted by atomic mass is 9.91. The third-order valence-corrected chi connectivity index (χ3v) is 12.1. The second kappa shape index (κ2) is 21.4. The number of benzene rings is 6. The average molecular weight is 865 g/mol. The van der Waals surface area contributed by atoms with E-state index in [1.807, 2.05) is 93.0 Å². The van der Waals surface area contributed by atoms with E-state index in [0.29, 0.717) is 18.2 Å². The fraction of sp³-hybridized carbons (Fsp3) is 0.133. The van der Waals surface area contributed by atoms with Crippen molar-refractivity contribution in [2.75, 3.05) is 0 Å². The van der Waals surface area contributed by atoms with Gasteiger partial charge < -0.3 is 0 Å². The maximum absolute atomic E-state index is 5.18. The molecule has 0 bridgehead atoms. The number of aromatic nitrogens is 1. The van der Waals surface area contributed by atoms with Crippen molar-refractivity contribution in [3.05, 3.63) is 233 Å². The zero-order valence-electron chi connectivity index (χ0n) is 37.9. The molecular formula is C60H56N4S. The van der Waals surface area contributed by atoms with Gasteiger partial charge in [0, 0.05) is 23.5 Å². The van der Waals surface area contributed by atoms with Crippen LogP contribution in [0.25, 0.3) is 55.8 Å². The standard InChI is InChI=1S/C58H48N4.C2H6.H2S/c1-5-16-42(22-14-23-48-38-60-37-47-21-12-13-24-53(47)48)49-33-41(36-61-58(46-19-10-7-11-20-46)62-57(59-4)45-17-8-6-9-18-45)34-50(35-49)43-27-29-44(30-28-43)54-32-31-52-40(3)39(2)51-25-15-26-55(54)56(51)52;1-2;/h5-11,13-20,22,24-35,37-38H,1,4,12,21,23,36H2,2-3H3;1-2H3;1H2/b22-14-,42-16+,61-58?,62-57?;;. The Morgan fingerprint density at radius 3 is 2.08 bits per heavy atom. The van der Waals surface area contributed by atoms with Gasteiger partial charge in [0.1, 0.15) is 0 Å². The fourth-order valence-electron chi connectivity index (χ4n) is 8.74. The molecule has 322 valence electrons. The van der Waals surface area contributed by atoms with Gasteiger partial charge in [0.05, 0.1) is 6.54 Å². The van der Waals surface area contributed by atoms with E-state index >= 15 is 0 Å². The first-order chi connectivity index (χ1) is 31.5. The zero-order chi connectivity index (χ0) is 44.4. The molecule has 1 aromatic heterocycles. The van der Waals surface area contributed by atoms with E-state index in [-0.39, 0.29) is 13.5 Å². The fourth-order valence-corrected chi connectivity index (χ4v) is 8.74. The molecule has 0 atom stereocenters. The van der Waals surface area contributed by atoms with Crippen molar-refractivity contribution in [2.45, 2.75) is 53.5 Å². The molecule has 0 spiro atoms. The van der Waals surface area contributed by atoms with E-state index < -0.39 is 0 Å². The molecule has 7 aromatic rings. The Labute approximate surface area is 392 Å². The van der Waals surface area contributed by atoms with E-state index in [2.05, 4.69) is 140 Å². The van der Waals surface area contributed by atoms with E-state index in [0.717, 1.165) is 58.2 Å². The molecule has 0 N–H and O–H groups in total. The number of amidine groups is 2. The number of hydrogen-bond donors (Lipinski definition) is 0. The summed E-state index contributed by atoms with van der Waals surface area (Å²) in [5, 5.41) is 2.65. The number of pyridine rings is 1. The van der Waals surface area contributed by atoms with Crippen LogP contribution in [0.3, 0.4) is 0 Å². The molecule has 0 radical (unpaired) electrons. The van der Waals surface area contributed by atoms with Gasteiger partial charge in [-0.05, 0) is 147 Å². The van der Waals surface area contributed by atoms with Crippen LogP contribution in [0.1, 0.15) is 84.2 Å². The van der Waals surface area contributed by atoms with Crippen LogP contribution < -0.4 is 0 Å². The van der Waals surface area contributed by atoms with Crippen LogP contribution in [0, 0.1) is 0 Å². The number of aliphatic imine (C=N–C) groups is 3. The van der Waals surface area contributed by atoms with E-state index in [1.165, 1.54) is 60.9 Å². The molecule has 4 nitrogen and oxygen atoms in total. The Morgan fingerprint density at radius 2 is 1.37 bits per heavy atom. The van der Waals surface area contributed by atoms with Crippen molar-refractivity contribution in [1.29, 1.82) is 0 Å². The first-order valence-corrected chi connectivity index (χ1v) is 22.3. The Balaban J connectivity index is 0.00000207. The highest BCUT2D eigenvalue weighted by atomic mass is 32.1. The SMILES string of the molecule is C=C/C=C(\C=C/Cc1cncc2c1C=CCC2)c1cc(CN=C(N=C(N=C)c2ccccc2)c2ccccc2)cc(-c2ccc(-c3ccc4c5c(cccc35)C(C)=C4C)cc2)c1.CC.S. The van der Waals surface area contributed by atoms with Crippen LogP contribution in [0.15, 0.2) is 198 Å². The summed E-state index contributed by atoms with van der Waals surface area (Å²) in [7, 11) is 0. The second-order valence-electron chi connectivity index (χ2n) is 15.9. The van der Waals surface area contributed by atoms with Gasteiger partial charge >= 0.3 is 0 Å². The van der Waals surface area contributed by atoms with Gasteiger partial charge in [0.2, 0.25) is 0 Å². The van der Waals surface area contributed by atoms with Crippen LogP contribution >= 0.6 is 13.5 Å². The molecule has 5 heteroatoms. The Hall–Kier alpha value is -7.21. The molecule has 2 aliphatic rings. The normalized spacial score (nSPS) is 13.3. The molecule has 1 heterocycles. The van der Waals surface area contributed by atoms with Crippen LogP contribution in [-0.2, 0) is 19.4 Å². The Morgan fingerprint density at radius 1 is 0.692 bits per heavy atom. The Kier molecular flexibility index (Phi) is 15.1. The minimum absolute atomic E-state index is 0. The highest BCUT2D eigenvalue weighted by molar-refractivity contribution is 7.59. The van der Waals surface area contributed by atoms with Crippen molar-refractivity contribution < 1.29 is 0 Å². The highest BCUT2D eigenvalue weighted by Crippen LogP contribution is 2.44. The largest absolute Gasteiger partial charge is 0.264 e. The van der Waals surface area contributed by atoms with Crippen molar-refractivity contribution in [3.8, 4) is 22.3 Å². The van der Waals surface area contributed by atoms with Gasteiger partial charge in [-0.2, -0.15) is 13.5 Å². The summed E-state index contributed by atoms with van der Waals surface area (Å²) in [5.74, 6) is 1.12. The number of hydrogen-bond acceptors (Lipinski definition) is 2. The number of rotatable bonds is 11. The molecule has 0 amide bonds. The monoisotopic (exact) mass is 864 g/mol. The number of nitrogens with zero attached hydrogens (tertiary/aromatic N) is 4.